The van der Waals surface area contributed by atoms with E-state index >= 15 is 0 Å². The van der Waals surface area contributed by atoms with Gasteiger partial charge in [0.1, 0.15) is 0 Å². The van der Waals surface area contributed by atoms with Crippen molar-refractivity contribution < 1.29 is 0 Å². The molecule has 0 bridgehead atoms. The molecule has 0 aliphatic heterocycles. The molecule has 1 heterocycles. The predicted molar refractivity (Wildman–Crippen MR) is 56.9 cm³/mol. The number of aromatic nitrogens is 2. The maximum Gasteiger partial charge on any atom is 0.0939 e. The van der Waals surface area contributed by atoms with Crippen LogP contribution in [-0.4, -0.2) is 21.6 Å². The first-order valence-electron chi connectivity index (χ1n) is 4.42. The van der Waals surface area contributed by atoms with Gasteiger partial charge in [0.15, 0.2) is 0 Å². The molecule has 0 aliphatic carbocycles. The van der Waals surface area contributed by atoms with Gasteiger partial charge in [-0.2, -0.15) is 10.4 Å². The van der Waals surface area contributed by atoms with Gasteiger partial charge in [-0.05, 0) is 19.4 Å². The third-order valence-corrected chi connectivity index (χ3v) is 2.92. The van der Waals surface area contributed by atoms with Gasteiger partial charge in [0.2, 0.25) is 0 Å². The quantitative estimate of drug-likeness (QED) is 0.755. The fourth-order valence-electron chi connectivity index (χ4n) is 1.08. The highest BCUT2D eigenvalue weighted by Gasteiger charge is 2.04. The Bertz CT molecular complexity index is 339. The lowest BCUT2D eigenvalue weighted by Crippen LogP contribution is -2.17. The minimum Gasteiger partial charge on any atom is -0.316 e. The van der Waals surface area contributed by atoms with E-state index in [4.69, 9.17) is 11.0 Å². The summed E-state index contributed by atoms with van der Waals surface area (Å²) in [5.41, 5.74) is 6.50. The van der Waals surface area contributed by atoms with Gasteiger partial charge in [0, 0.05) is 12.8 Å². The van der Waals surface area contributed by atoms with E-state index in [1.54, 1.807) is 11.8 Å². The minimum atomic E-state index is -0.350. The van der Waals surface area contributed by atoms with Gasteiger partial charge >= 0.3 is 0 Å². The molecule has 5 heteroatoms. The summed E-state index contributed by atoms with van der Waals surface area (Å²) in [6.45, 7) is 1.96. The average Bonchev–Trinajstić information content (AvgIpc) is 2.45. The second-order valence-electron chi connectivity index (χ2n) is 3.12. The van der Waals surface area contributed by atoms with Gasteiger partial charge in [-0.15, -0.1) is 11.8 Å². The van der Waals surface area contributed by atoms with Crippen molar-refractivity contribution in [2.75, 3.05) is 5.75 Å². The van der Waals surface area contributed by atoms with Crippen molar-refractivity contribution in [1.29, 1.82) is 5.26 Å². The standard InChI is InChI=1S/C9H14N4S/c1-7-5-9(13(2)12-7)14-4-3-8(11)6-10/h5,8H,3-4,11H2,1-2H3. The van der Waals surface area contributed by atoms with E-state index in [1.807, 2.05) is 30.8 Å². The predicted octanol–water partition coefficient (Wildman–Crippen LogP) is 1.06. The van der Waals surface area contributed by atoms with Crippen LogP contribution < -0.4 is 5.73 Å². The van der Waals surface area contributed by atoms with Crippen molar-refractivity contribution in [2.45, 2.75) is 24.4 Å². The molecule has 4 nitrogen and oxygen atoms in total. The maximum atomic E-state index is 8.49. The monoisotopic (exact) mass is 210 g/mol. The zero-order chi connectivity index (χ0) is 10.6. The number of nitriles is 1. The summed E-state index contributed by atoms with van der Waals surface area (Å²) in [6, 6.07) is 3.69. The molecule has 0 saturated heterocycles. The van der Waals surface area contributed by atoms with Crippen LogP contribution >= 0.6 is 11.8 Å². The molecule has 1 atom stereocenters. The smallest absolute Gasteiger partial charge is 0.0939 e. The lowest BCUT2D eigenvalue weighted by Gasteiger charge is -2.02. The van der Waals surface area contributed by atoms with E-state index in [1.165, 1.54) is 0 Å². The molecule has 2 N–H and O–H groups in total. The maximum absolute atomic E-state index is 8.49. The topological polar surface area (TPSA) is 67.6 Å². The Morgan fingerprint density at radius 1 is 1.79 bits per heavy atom. The number of nitrogens with zero attached hydrogens (tertiary/aromatic N) is 3. The van der Waals surface area contributed by atoms with Crippen molar-refractivity contribution in [3.05, 3.63) is 11.8 Å². The highest BCUT2D eigenvalue weighted by molar-refractivity contribution is 7.99. The Hall–Kier alpha value is -0.990. The van der Waals surface area contributed by atoms with Crippen LogP contribution in [0, 0.1) is 18.3 Å². The van der Waals surface area contributed by atoms with Crippen molar-refractivity contribution in [3.63, 3.8) is 0 Å². The Morgan fingerprint density at radius 2 is 2.50 bits per heavy atom. The first kappa shape index (κ1) is 11.1. The molecule has 1 aromatic rings. The van der Waals surface area contributed by atoms with Crippen LogP contribution in [0.2, 0.25) is 0 Å². The third-order valence-electron chi connectivity index (χ3n) is 1.80. The molecule has 0 amide bonds. The molecular weight excluding hydrogens is 196 g/mol. The molecule has 0 radical (unpaired) electrons. The zero-order valence-corrected chi connectivity index (χ0v) is 9.21. The number of hydrogen-bond acceptors (Lipinski definition) is 4. The van der Waals surface area contributed by atoms with E-state index in [0.717, 1.165) is 16.5 Å². The molecule has 0 aromatic carbocycles. The molecule has 1 aromatic heterocycles. The summed E-state index contributed by atoms with van der Waals surface area (Å²) in [6.07, 6.45) is 0.714. The number of aryl methyl sites for hydroxylation is 2. The number of thioether (sulfide) groups is 1. The van der Waals surface area contributed by atoms with E-state index in [9.17, 15) is 0 Å². The van der Waals surface area contributed by atoms with E-state index < -0.39 is 0 Å². The van der Waals surface area contributed by atoms with Crippen LogP contribution in [0.3, 0.4) is 0 Å². The summed E-state index contributed by atoms with van der Waals surface area (Å²) in [5.74, 6) is 0.855. The Balaban J connectivity index is 2.39. The average molecular weight is 210 g/mol. The fraction of sp³-hybridized carbons (Fsp3) is 0.556. The first-order chi connectivity index (χ1) is 6.63. The van der Waals surface area contributed by atoms with Crippen LogP contribution in [0.25, 0.3) is 0 Å². The molecule has 0 saturated carbocycles. The number of nitrogens with two attached hydrogens (primary N) is 1. The van der Waals surface area contributed by atoms with Gasteiger partial charge in [0.05, 0.1) is 22.8 Å². The van der Waals surface area contributed by atoms with E-state index in [2.05, 4.69) is 5.10 Å². The molecule has 0 spiro atoms. The number of hydrogen-bond donors (Lipinski definition) is 1. The summed E-state index contributed by atoms with van der Waals surface area (Å²) in [4.78, 5) is 0. The van der Waals surface area contributed by atoms with Crippen LogP contribution in [0.5, 0.6) is 0 Å². The molecule has 0 fully saturated rings. The van der Waals surface area contributed by atoms with Crippen molar-refractivity contribution in [1.82, 2.24) is 9.78 Å². The molecule has 76 valence electrons. The lowest BCUT2D eigenvalue weighted by molar-refractivity contribution is 0.691. The highest BCUT2D eigenvalue weighted by Crippen LogP contribution is 2.19. The van der Waals surface area contributed by atoms with Gasteiger partial charge in [-0.1, -0.05) is 0 Å². The molecule has 14 heavy (non-hydrogen) atoms. The normalized spacial score (nSPS) is 12.4. The third kappa shape index (κ3) is 3.05. The SMILES string of the molecule is Cc1cc(SCCC(N)C#N)n(C)n1. The summed E-state index contributed by atoms with van der Waals surface area (Å²) in [5, 5.41) is 13.8. The fourth-order valence-corrected chi connectivity index (χ4v) is 2.14. The summed E-state index contributed by atoms with van der Waals surface area (Å²) in [7, 11) is 1.92. The van der Waals surface area contributed by atoms with Crippen molar-refractivity contribution in [3.8, 4) is 6.07 Å². The molecule has 0 aliphatic rings. The van der Waals surface area contributed by atoms with Crippen LogP contribution in [-0.2, 0) is 7.05 Å². The van der Waals surface area contributed by atoms with Gasteiger partial charge in [-0.25, -0.2) is 0 Å². The van der Waals surface area contributed by atoms with Gasteiger partial charge in [-0.3, -0.25) is 4.68 Å². The molecule has 1 unspecified atom stereocenters. The van der Waals surface area contributed by atoms with Crippen LogP contribution in [0.15, 0.2) is 11.1 Å². The lowest BCUT2D eigenvalue weighted by atomic mass is 10.3. The Kier molecular flexibility index (Phi) is 3.98. The zero-order valence-electron chi connectivity index (χ0n) is 8.40. The van der Waals surface area contributed by atoms with Crippen molar-refractivity contribution in [2.24, 2.45) is 12.8 Å². The van der Waals surface area contributed by atoms with Crippen molar-refractivity contribution >= 4 is 11.8 Å². The van der Waals surface area contributed by atoms with Crippen LogP contribution in [0.4, 0.5) is 0 Å². The van der Waals surface area contributed by atoms with Crippen LogP contribution in [0.1, 0.15) is 12.1 Å². The number of rotatable bonds is 4. The van der Waals surface area contributed by atoms with E-state index in [0.29, 0.717) is 6.42 Å². The Morgan fingerprint density at radius 3 is 3.00 bits per heavy atom. The largest absolute Gasteiger partial charge is 0.316 e. The Labute approximate surface area is 88.1 Å². The van der Waals surface area contributed by atoms with E-state index in [-0.39, 0.29) is 6.04 Å². The molecule has 1 rings (SSSR count). The first-order valence-corrected chi connectivity index (χ1v) is 5.40. The highest BCUT2D eigenvalue weighted by atomic mass is 32.2. The second kappa shape index (κ2) is 5.03. The summed E-state index contributed by atoms with van der Waals surface area (Å²) >= 11 is 1.68. The summed E-state index contributed by atoms with van der Waals surface area (Å²) < 4.78 is 1.85. The molecular formula is C9H14N4S. The second-order valence-corrected chi connectivity index (χ2v) is 4.24. The minimum absolute atomic E-state index is 0.350. The van der Waals surface area contributed by atoms with Gasteiger partial charge in [0.25, 0.3) is 0 Å². The van der Waals surface area contributed by atoms with Gasteiger partial charge < -0.3 is 5.73 Å².